The molecule has 0 aromatic carbocycles. The second-order valence-corrected chi connectivity index (χ2v) is 4.27. The molecule has 0 aliphatic carbocycles. The first-order valence-electron chi connectivity index (χ1n) is 5.67. The lowest BCUT2D eigenvalue weighted by Crippen LogP contribution is -2.40. The first kappa shape index (κ1) is 10.5. The maximum absolute atomic E-state index is 11.3. The highest BCUT2D eigenvalue weighted by Gasteiger charge is 2.36. The summed E-state index contributed by atoms with van der Waals surface area (Å²) in [5.41, 5.74) is 0.298. The highest BCUT2D eigenvalue weighted by atomic mass is 16.5. The van der Waals surface area contributed by atoms with Crippen LogP contribution in [0.25, 0.3) is 0 Å². The van der Waals surface area contributed by atoms with E-state index < -0.39 is 0 Å². The molecule has 0 saturated carbocycles. The van der Waals surface area contributed by atoms with Crippen molar-refractivity contribution in [1.82, 2.24) is 0 Å². The summed E-state index contributed by atoms with van der Waals surface area (Å²) >= 11 is 0. The fourth-order valence-corrected chi connectivity index (χ4v) is 2.19. The number of nitrogens with zero attached hydrogens (tertiary/aromatic N) is 3. The first-order chi connectivity index (χ1) is 8.24. The van der Waals surface area contributed by atoms with Gasteiger partial charge in [-0.15, -0.1) is 0 Å². The molecule has 2 aliphatic heterocycles. The Kier molecular flexibility index (Phi) is 2.44. The van der Waals surface area contributed by atoms with Crippen LogP contribution in [0, 0.1) is 6.92 Å². The van der Waals surface area contributed by atoms with Crippen LogP contribution in [0.3, 0.4) is 0 Å². The number of anilines is 1. The van der Waals surface area contributed by atoms with E-state index in [2.05, 4.69) is 10.3 Å². The Bertz CT molecular complexity index is 511. The molecular weight excluding hydrogens is 222 g/mol. The van der Waals surface area contributed by atoms with Gasteiger partial charge in [0.2, 0.25) is 0 Å². The number of hydrogen-bond donors (Lipinski definition) is 0. The Labute approximate surface area is 97.9 Å². The predicted octanol–water partition coefficient (Wildman–Crippen LogP) is 1.64. The van der Waals surface area contributed by atoms with Crippen LogP contribution in [0.5, 0.6) is 0 Å². The minimum atomic E-state index is -0.380. The van der Waals surface area contributed by atoms with Gasteiger partial charge in [0, 0.05) is 18.7 Å². The van der Waals surface area contributed by atoms with Gasteiger partial charge in [-0.25, -0.2) is 9.80 Å². The third kappa shape index (κ3) is 1.84. The Hall–Kier alpha value is -1.69. The molecule has 0 radical (unpaired) electrons. The summed E-state index contributed by atoms with van der Waals surface area (Å²) in [6.45, 7) is 2.44. The Morgan fingerprint density at radius 3 is 3.18 bits per heavy atom. The van der Waals surface area contributed by atoms with Gasteiger partial charge >= 0.3 is 5.63 Å². The van der Waals surface area contributed by atoms with Crippen molar-refractivity contribution in [2.24, 2.45) is 10.3 Å². The van der Waals surface area contributed by atoms with Crippen LogP contribution < -0.4 is 10.6 Å². The molecule has 0 bridgehead atoms. The van der Waals surface area contributed by atoms with Gasteiger partial charge in [-0.05, 0) is 19.8 Å². The molecule has 1 aromatic heterocycles. The van der Waals surface area contributed by atoms with Crippen molar-refractivity contribution in [3.05, 3.63) is 28.3 Å². The maximum atomic E-state index is 11.3. The van der Waals surface area contributed by atoms with Crippen molar-refractivity contribution in [2.75, 3.05) is 11.6 Å². The molecule has 1 saturated heterocycles. The summed E-state index contributed by atoms with van der Waals surface area (Å²) in [5, 5.41) is 9.91. The van der Waals surface area contributed by atoms with Crippen LogP contribution in [0.2, 0.25) is 0 Å². The molecule has 0 spiro atoms. The van der Waals surface area contributed by atoms with Gasteiger partial charge in [0.1, 0.15) is 11.8 Å². The zero-order valence-electron chi connectivity index (χ0n) is 9.50. The van der Waals surface area contributed by atoms with Gasteiger partial charge in [-0.2, -0.15) is 5.11 Å². The van der Waals surface area contributed by atoms with Crippen molar-refractivity contribution in [1.29, 1.82) is 0 Å². The topological polar surface area (TPSA) is 67.4 Å². The van der Waals surface area contributed by atoms with Gasteiger partial charge in [0.15, 0.2) is 6.23 Å². The third-order valence-electron chi connectivity index (χ3n) is 2.94. The zero-order valence-corrected chi connectivity index (χ0v) is 9.50. The van der Waals surface area contributed by atoms with Gasteiger partial charge in [0.05, 0.1) is 5.69 Å². The van der Waals surface area contributed by atoms with Crippen LogP contribution in [0.4, 0.5) is 5.69 Å². The average molecular weight is 235 g/mol. The molecule has 17 heavy (non-hydrogen) atoms. The molecule has 3 rings (SSSR count). The van der Waals surface area contributed by atoms with Crippen LogP contribution in [0.15, 0.2) is 31.7 Å². The van der Waals surface area contributed by atoms with Gasteiger partial charge in [-0.3, -0.25) is 0 Å². The van der Waals surface area contributed by atoms with Crippen LogP contribution >= 0.6 is 0 Å². The SMILES string of the molecule is Cc1cc(N2N=NC3CCCOC32)cc(=O)o1. The van der Waals surface area contributed by atoms with E-state index in [1.807, 2.05) is 0 Å². The molecule has 0 amide bonds. The number of hydrogen-bond acceptors (Lipinski definition) is 6. The van der Waals surface area contributed by atoms with Gasteiger partial charge in [0.25, 0.3) is 0 Å². The fourth-order valence-electron chi connectivity index (χ4n) is 2.19. The van der Waals surface area contributed by atoms with Crippen LogP contribution in [0.1, 0.15) is 18.6 Å². The predicted molar refractivity (Wildman–Crippen MR) is 59.8 cm³/mol. The standard InChI is InChI=1S/C11H13N3O3/c1-7-5-8(6-10(15)17-7)14-11-9(12-13-14)3-2-4-16-11/h5-6,9,11H,2-4H2,1H3. The highest BCUT2D eigenvalue weighted by Crippen LogP contribution is 2.30. The quantitative estimate of drug-likeness (QED) is 0.742. The van der Waals surface area contributed by atoms with E-state index in [0.29, 0.717) is 18.1 Å². The Morgan fingerprint density at radius 1 is 1.47 bits per heavy atom. The van der Waals surface area contributed by atoms with Crippen molar-refractivity contribution >= 4 is 5.69 Å². The van der Waals surface area contributed by atoms with Crippen LogP contribution in [-0.4, -0.2) is 18.9 Å². The Morgan fingerprint density at radius 2 is 2.35 bits per heavy atom. The van der Waals surface area contributed by atoms with Crippen molar-refractivity contribution in [2.45, 2.75) is 32.0 Å². The number of aryl methyl sites for hydroxylation is 1. The highest BCUT2D eigenvalue weighted by molar-refractivity contribution is 5.46. The fraction of sp³-hybridized carbons (Fsp3) is 0.545. The van der Waals surface area contributed by atoms with Crippen molar-refractivity contribution in [3.8, 4) is 0 Å². The summed E-state index contributed by atoms with van der Waals surface area (Å²) in [6.07, 6.45) is 1.81. The molecular formula is C11H13N3O3. The van der Waals surface area contributed by atoms with Gasteiger partial charge in [-0.1, -0.05) is 5.22 Å². The summed E-state index contributed by atoms with van der Waals surface area (Å²) in [4.78, 5) is 11.3. The lowest BCUT2D eigenvalue weighted by molar-refractivity contribution is 0.0126. The van der Waals surface area contributed by atoms with E-state index in [1.54, 1.807) is 18.0 Å². The molecule has 0 N–H and O–H groups in total. The van der Waals surface area contributed by atoms with E-state index in [1.165, 1.54) is 6.07 Å². The molecule has 2 unspecified atom stereocenters. The largest absolute Gasteiger partial charge is 0.428 e. The molecule has 2 aliphatic rings. The maximum Gasteiger partial charge on any atom is 0.337 e. The molecule has 90 valence electrons. The number of fused-ring (bicyclic) bond motifs is 1. The second kappa shape index (κ2) is 3.96. The van der Waals surface area contributed by atoms with Gasteiger partial charge < -0.3 is 9.15 Å². The minimum Gasteiger partial charge on any atom is -0.428 e. The second-order valence-electron chi connectivity index (χ2n) is 4.27. The molecule has 6 heteroatoms. The monoisotopic (exact) mass is 235 g/mol. The summed E-state index contributed by atoms with van der Waals surface area (Å²) in [7, 11) is 0. The molecule has 3 heterocycles. The van der Waals surface area contributed by atoms with E-state index in [0.717, 1.165) is 12.8 Å². The lowest BCUT2D eigenvalue weighted by Gasteiger charge is -2.28. The van der Waals surface area contributed by atoms with E-state index in [4.69, 9.17) is 9.15 Å². The van der Waals surface area contributed by atoms with E-state index >= 15 is 0 Å². The summed E-state index contributed by atoms with van der Waals surface area (Å²) in [6, 6.07) is 3.25. The third-order valence-corrected chi connectivity index (χ3v) is 2.94. The number of rotatable bonds is 1. The van der Waals surface area contributed by atoms with E-state index in [9.17, 15) is 4.79 Å². The number of ether oxygens (including phenoxy) is 1. The molecule has 2 atom stereocenters. The smallest absolute Gasteiger partial charge is 0.337 e. The van der Waals surface area contributed by atoms with Crippen molar-refractivity contribution in [3.63, 3.8) is 0 Å². The van der Waals surface area contributed by atoms with Crippen LogP contribution in [-0.2, 0) is 4.74 Å². The lowest BCUT2D eigenvalue weighted by atomic mass is 10.1. The first-order valence-corrected chi connectivity index (χ1v) is 5.67. The molecule has 1 fully saturated rings. The Balaban J connectivity index is 1.94. The zero-order chi connectivity index (χ0) is 11.8. The summed E-state index contributed by atoms with van der Waals surface area (Å²) in [5.74, 6) is 0.557. The van der Waals surface area contributed by atoms with Crippen molar-refractivity contribution < 1.29 is 9.15 Å². The minimum absolute atomic E-state index is 0.0799. The molecule has 6 nitrogen and oxygen atoms in total. The normalized spacial score (nSPS) is 27.2. The van der Waals surface area contributed by atoms with E-state index in [-0.39, 0.29) is 17.9 Å². The average Bonchev–Trinajstić information content (AvgIpc) is 2.71. The summed E-state index contributed by atoms with van der Waals surface area (Å²) < 4.78 is 10.6. The molecule has 1 aromatic rings.